The third-order valence-corrected chi connectivity index (χ3v) is 7.24. The molecule has 5 aromatic heterocycles. The second-order valence-electron chi connectivity index (χ2n) is 8.83. The molecule has 8 heteroatoms. The monoisotopic (exact) mass is 492 g/mol. The zero-order valence-corrected chi connectivity index (χ0v) is 20.7. The summed E-state index contributed by atoms with van der Waals surface area (Å²) < 4.78 is 0. The number of nitrogens with one attached hydrogen (secondary N) is 3. The molecule has 7 nitrogen and oxygen atoms in total. The summed E-state index contributed by atoms with van der Waals surface area (Å²) in [4.78, 5) is 26.8. The van der Waals surface area contributed by atoms with Gasteiger partial charge in [0.15, 0.2) is 0 Å². The molecular weight excluding hydrogens is 468 g/mol. The normalized spacial score (nSPS) is 11.4. The van der Waals surface area contributed by atoms with Crippen LogP contribution in [0.4, 0.5) is 5.69 Å². The first-order chi connectivity index (χ1) is 17.6. The number of carbonyl (C=O) groups is 1. The lowest BCUT2D eigenvalue weighted by molar-refractivity contribution is -0.116. The van der Waals surface area contributed by atoms with Crippen LogP contribution in [0.2, 0.25) is 0 Å². The zero-order chi connectivity index (χ0) is 24.6. The third-order valence-electron chi connectivity index (χ3n) is 6.20. The number of aromatic amines is 2. The maximum absolute atomic E-state index is 12.0. The Hall–Kier alpha value is -4.30. The number of aryl methyl sites for hydroxylation is 1. The molecule has 36 heavy (non-hydrogen) atoms. The number of H-pyrrole nitrogens is 2. The van der Waals surface area contributed by atoms with Gasteiger partial charge in [0, 0.05) is 50.5 Å². The Kier molecular flexibility index (Phi) is 5.58. The molecule has 0 aliphatic heterocycles. The lowest BCUT2D eigenvalue weighted by Gasteiger charge is -2.07. The predicted octanol–water partition coefficient (Wildman–Crippen LogP) is 6.94. The summed E-state index contributed by atoms with van der Waals surface area (Å²) in [7, 11) is 0. The highest BCUT2D eigenvalue weighted by atomic mass is 32.1. The van der Waals surface area contributed by atoms with E-state index in [1.165, 1.54) is 9.75 Å². The third kappa shape index (κ3) is 4.05. The van der Waals surface area contributed by atoms with E-state index in [1.807, 2.05) is 37.5 Å². The maximum Gasteiger partial charge on any atom is 0.224 e. The number of aromatic nitrogens is 5. The topological polar surface area (TPSA) is 99.3 Å². The van der Waals surface area contributed by atoms with Crippen LogP contribution in [0.5, 0.6) is 0 Å². The standard InChI is InChI=1S/C28H24N6OS/c1-3-4-27(35)31-19-9-18(12-29-13-19)17-6-7-23-21(10-17)28(34-33-23)24-11-20-22(14-30-15-25(20)32-24)26-8-5-16(2)36-26/h5-15,32H,3-4H2,1-2H3,(H,31,35)(H,33,34). The first-order valence-electron chi connectivity index (χ1n) is 11.9. The van der Waals surface area contributed by atoms with Crippen LogP contribution in [-0.4, -0.2) is 31.1 Å². The molecule has 0 spiro atoms. The van der Waals surface area contributed by atoms with Gasteiger partial charge in [-0.1, -0.05) is 13.0 Å². The second-order valence-corrected chi connectivity index (χ2v) is 10.1. The fraction of sp³-hybridized carbons (Fsp3) is 0.143. The van der Waals surface area contributed by atoms with Gasteiger partial charge in [0.1, 0.15) is 5.69 Å². The van der Waals surface area contributed by atoms with E-state index in [-0.39, 0.29) is 5.91 Å². The van der Waals surface area contributed by atoms with Gasteiger partial charge in [0.25, 0.3) is 0 Å². The second kappa shape index (κ2) is 9.05. The SMILES string of the molecule is CCCC(=O)Nc1cncc(-c2ccc3[nH]nc(-c4cc5c(-c6ccc(C)s6)cncc5[nH]4)c3c2)c1. The fourth-order valence-electron chi connectivity index (χ4n) is 4.47. The van der Waals surface area contributed by atoms with Crippen molar-refractivity contribution in [2.45, 2.75) is 26.7 Å². The maximum atomic E-state index is 12.0. The average molecular weight is 493 g/mol. The molecule has 0 saturated carbocycles. The van der Waals surface area contributed by atoms with E-state index in [2.05, 4.69) is 61.7 Å². The van der Waals surface area contributed by atoms with Crippen LogP contribution < -0.4 is 5.32 Å². The number of amides is 1. The average Bonchev–Trinajstić information content (AvgIpc) is 3.61. The van der Waals surface area contributed by atoms with Crippen molar-refractivity contribution in [3.05, 3.63) is 72.1 Å². The molecule has 1 aromatic carbocycles. The number of rotatable bonds is 6. The van der Waals surface area contributed by atoms with Crippen molar-refractivity contribution >= 4 is 44.7 Å². The van der Waals surface area contributed by atoms with Gasteiger partial charge in [-0.25, -0.2) is 0 Å². The quantitative estimate of drug-likeness (QED) is 0.234. The van der Waals surface area contributed by atoms with Gasteiger partial charge in [-0.3, -0.25) is 19.9 Å². The summed E-state index contributed by atoms with van der Waals surface area (Å²) >= 11 is 1.76. The Bertz CT molecular complexity index is 1730. The number of thiophene rings is 1. The van der Waals surface area contributed by atoms with E-state index in [1.54, 1.807) is 23.7 Å². The molecule has 1 amide bonds. The van der Waals surface area contributed by atoms with Crippen LogP contribution in [0.15, 0.2) is 67.3 Å². The van der Waals surface area contributed by atoms with E-state index in [9.17, 15) is 4.79 Å². The molecule has 0 atom stereocenters. The van der Waals surface area contributed by atoms with Crippen molar-refractivity contribution in [2.24, 2.45) is 0 Å². The van der Waals surface area contributed by atoms with Gasteiger partial charge in [0.2, 0.25) is 5.91 Å². The van der Waals surface area contributed by atoms with E-state index >= 15 is 0 Å². The molecular formula is C28H24N6OS. The minimum atomic E-state index is -0.00518. The Morgan fingerprint density at radius 2 is 1.83 bits per heavy atom. The molecule has 0 aliphatic rings. The lowest BCUT2D eigenvalue weighted by atomic mass is 10.0. The van der Waals surface area contributed by atoms with Crippen molar-refractivity contribution < 1.29 is 4.79 Å². The van der Waals surface area contributed by atoms with E-state index in [0.717, 1.165) is 56.3 Å². The van der Waals surface area contributed by atoms with Crippen molar-refractivity contribution in [3.63, 3.8) is 0 Å². The van der Waals surface area contributed by atoms with Crippen molar-refractivity contribution in [1.29, 1.82) is 0 Å². The summed E-state index contributed by atoms with van der Waals surface area (Å²) in [6, 6.07) is 14.5. The highest BCUT2D eigenvalue weighted by molar-refractivity contribution is 7.15. The zero-order valence-electron chi connectivity index (χ0n) is 19.9. The van der Waals surface area contributed by atoms with Crippen LogP contribution in [-0.2, 0) is 4.79 Å². The summed E-state index contributed by atoms with van der Waals surface area (Å²) in [6.07, 6.45) is 8.54. The minimum Gasteiger partial charge on any atom is -0.352 e. The molecule has 0 saturated heterocycles. The molecule has 0 aliphatic carbocycles. The minimum absolute atomic E-state index is 0.00518. The predicted molar refractivity (Wildman–Crippen MR) is 146 cm³/mol. The van der Waals surface area contributed by atoms with Crippen LogP contribution in [0.1, 0.15) is 24.6 Å². The van der Waals surface area contributed by atoms with Gasteiger partial charge >= 0.3 is 0 Å². The molecule has 5 heterocycles. The largest absolute Gasteiger partial charge is 0.352 e. The van der Waals surface area contributed by atoms with Crippen LogP contribution in [0.3, 0.4) is 0 Å². The smallest absolute Gasteiger partial charge is 0.224 e. The summed E-state index contributed by atoms with van der Waals surface area (Å²) in [5, 5.41) is 12.8. The van der Waals surface area contributed by atoms with Crippen molar-refractivity contribution in [2.75, 3.05) is 5.32 Å². The molecule has 3 N–H and O–H groups in total. The van der Waals surface area contributed by atoms with Gasteiger partial charge in [-0.2, -0.15) is 5.10 Å². The number of anilines is 1. The Morgan fingerprint density at radius 1 is 0.944 bits per heavy atom. The summed E-state index contributed by atoms with van der Waals surface area (Å²) in [5.41, 5.74) is 7.41. The molecule has 0 bridgehead atoms. The first kappa shape index (κ1) is 22.2. The highest BCUT2D eigenvalue weighted by Crippen LogP contribution is 2.37. The number of nitrogens with zero attached hydrogens (tertiary/aromatic N) is 3. The summed E-state index contributed by atoms with van der Waals surface area (Å²) in [6.45, 7) is 4.10. The van der Waals surface area contributed by atoms with Gasteiger partial charge in [0.05, 0.1) is 34.8 Å². The Balaban J connectivity index is 1.40. The Morgan fingerprint density at radius 3 is 2.67 bits per heavy atom. The molecule has 178 valence electrons. The number of pyridine rings is 2. The van der Waals surface area contributed by atoms with E-state index < -0.39 is 0 Å². The number of fused-ring (bicyclic) bond motifs is 2. The molecule has 6 rings (SSSR count). The van der Waals surface area contributed by atoms with Crippen molar-refractivity contribution in [3.8, 4) is 33.0 Å². The first-order valence-corrected chi connectivity index (χ1v) is 12.7. The van der Waals surface area contributed by atoms with E-state index in [0.29, 0.717) is 12.1 Å². The fourth-order valence-corrected chi connectivity index (χ4v) is 5.36. The van der Waals surface area contributed by atoms with Gasteiger partial charge in [-0.15, -0.1) is 11.3 Å². The van der Waals surface area contributed by atoms with Gasteiger partial charge in [-0.05, 0) is 55.3 Å². The number of hydrogen-bond acceptors (Lipinski definition) is 5. The van der Waals surface area contributed by atoms with E-state index in [4.69, 9.17) is 0 Å². The molecule has 6 aromatic rings. The molecule has 0 unspecified atom stereocenters. The number of benzene rings is 1. The van der Waals surface area contributed by atoms with Crippen LogP contribution >= 0.6 is 11.3 Å². The summed E-state index contributed by atoms with van der Waals surface area (Å²) in [5.74, 6) is -0.00518. The molecule has 0 fully saturated rings. The Labute approximate surface area is 211 Å². The van der Waals surface area contributed by atoms with Crippen LogP contribution in [0, 0.1) is 6.92 Å². The number of carbonyl (C=O) groups excluding carboxylic acids is 1. The molecule has 0 radical (unpaired) electrons. The van der Waals surface area contributed by atoms with Crippen LogP contribution in [0.25, 0.3) is 54.8 Å². The lowest BCUT2D eigenvalue weighted by Crippen LogP contribution is -2.10. The van der Waals surface area contributed by atoms with Gasteiger partial charge < -0.3 is 10.3 Å². The highest BCUT2D eigenvalue weighted by Gasteiger charge is 2.15. The number of hydrogen-bond donors (Lipinski definition) is 3. The van der Waals surface area contributed by atoms with Crippen molar-refractivity contribution in [1.82, 2.24) is 25.1 Å².